The maximum absolute atomic E-state index is 11.7. The lowest BCUT2D eigenvalue weighted by molar-refractivity contribution is 0.00943. The molecule has 1 aromatic carbocycles. The average molecular weight is 442 g/mol. The molecule has 0 saturated carbocycles. The number of H-pyrrole nitrogens is 1. The van der Waals surface area contributed by atoms with Crippen LogP contribution in [0.1, 0.15) is 31.4 Å². The van der Waals surface area contributed by atoms with E-state index in [2.05, 4.69) is 9.97 Å². The van der Waals surface area contributed by atoms with Crippen molar-refractivity contribution in [1.29, 1.82) is 0 Å². The monoisotopic (exact) mass is 442 g/mol. The number of hydrogen-bond donors (Lipinski definition) is 3. The molecule has 0 radical (unpaired) electrons. The van der Waals surface area contributed by atoms with E-state index in [1.165, 1.54) is 26.2 Å². The fourth-order valence-electron chi connectivity index (χ4n) is 4.41. The SMILES string of the molecule is COc1cc(-c2cnc3[nH]cc(C(O)C4(C)CCCN4C(=O)O)c3n2)cc(OC)c1OC. The largest absolute Gasteiger partial charge is 0.493 e. The van der Waals surface area contributed by atoms with Gasteiger partial charge in [0.15, 0.2) is 17.1 Å². The molecule has 4 rings (SSSR count). The molecule has 3 heterocycles. The lowest BCUT2D eigenvalue weighted by Crippen LogP contribution is -2.48. The number of ether oxygens (including phenoxy) is 3. The van der Waals surface area contributed by atoms with Crippen LogP contribution < -0.4 is 14.2 Å². The normalized spacial score (nSPS) is 19.2. The summed E-state index contributed by atoms with van der Waals surface area (Å²) in [6.07, 6.45) is 2.36. The van der Waals surface area contributed by atoms with Crippen molar-refractivity contribution in [1.82, 2.24) is 19.9 Å². The number of carboxylic acid groups (broad SMARTS) is 1. The van der Waals surface area contributed by atoms with Gasteiger partial charge in [0.2, 0.25) is 5.75 Å². The number of hydrogen-bond acceptors (Lipinski definition) is 7. The molecule has 3 aromatic rings. The highest BCUT2D eigenvalue weighted by atomic mass is 16.5. The van der Waals surface area contributed by atoms with Gasteiger partial charge < -0.3 is 34.3 Å². The molecule has 32 heavy (non-hydrogen) atoms. The first kappa shape index (κ1) is 21.7. The molecule has 1 aliphatic rings. The summed E-state index contributed by atoms with van der Waals surface area (Å²) in [5, 5.41) is 20.8. The van der Waals surface area contributed by atoms with Gasteiger partial charge in [-0.1, -0.05) is 0 Å². The molecule has 10 heteroatoms. The Morgan fingerprint density at radius 3 is 2.50 bits per heavy atom. The summed E-state index contributed by atoms with van der Waals surface area (Å²) in [4.78, 5) is 25.2. The van der Waals surface area contributed by atoms with E-state index >= 15 is 0 Å². The first-order chi connectivity index (χ1) is 15.3. The molecule has 170 valence electrons. The van der Waals surface area contributed by atoms with Gasteiger partial charge in [0.05, 0.1) is 38.8 Å². The standard InChI is InChI=1S/C22H26N4O6/c1-22(6-5-7-26(22)21(28)29)19(27)13-10-23-20-17(13)25-14(11-24-20)12-8-15(30-2)18(32-4)16(9-12)31-3/h8-11,19,27H,5-7H2,1-4H3,(H,23,24)(H,28,29). The van der Waals surface area contributed by atoms with E-state index in [9.17, 15) is 15.0 Å². The summed E-state index contributed by atoms with van der Waals surface area (Å²) in [6.45, 7) is 2.14. The minimum atomic E-state index is -1.07. The summed E-state index contributed by atoms with van der Waals surface area (Å²) in [5.74, 6) is 1.43. The highest BCUT2D eigenvalue weighted by molar-refractivity contribution is 5.80. The fraction of sp³-hybridized carbons (Fsp3) is 0.409. The Kier molecular flexibility index (Phi) is 5.55. The molecule has 2 atom stereocenters. The number of carbonyl (C=O) groups is 1. The number of benzene rings is 1. The van der Waals surface area contributed by atoms with Crippen molar-refractivity contribution < 1.29 is 29.2 Å². The molecule has 2 aromatic heterocycles. The van der Waals surface area contributed by atoms with Crippen LogP contribution in [-0.4, -0.2) is 69.6 Å². The Balaban J connectivity index is 1.80. The topological polar surface area (TPSA) is 130 Å². The Hall–Kier alpha value is -3.53. The quantitative estimate of drug-likeness (QED) is 0.531. The van der Waals surface area contributed by atoms with Crippen molar-refractivity contribution in [2.75, 3.05) is 27.9 Å². The van der Waals surface area contributed by atoms with E-state index in [1.54, 1.807) is 31.5 Å². The number of likely N-dealkylation sites (tertiary alicyclic amines) is 1. The van der Waals surface area contributed by atoms with Crippen LogP contribution in [0.15, 0.2) is 24.5 Å². The van der Waals surface area contributed by atoms with Gasteiger partial charge in [-0.05, 0) is 31.9 Å². The van der Waals surface area contributed by atoms with Crippen molar-refractivity contribution in [3.05, 3.63) is 30.1 Å². The molecule has 1 saturated heterocycles. The van der Waals surface area contributed by atoms with Gasteiger partial charge in [-0.15, -0.1) is 0 Å². The molecular formula is C22H26N4O6. The predicted molar refractivity (Wildman–Crippen MR) is 116 cm³/mol. The summed E-state index contributed by atoms with van der Waals surface area (Å²) in [6, 6.07) is 3.54. The van der Waals surface area contributed by atoms with Crippen LogP contribution in [0.2, 0.25) is 0 Å². The van der Waals surface area contributed by atoms with E-state index in [-0.39, 0.29) is 0 Å². The van der Waals surface area contributed by atoms with E-state index in [0.717, 1.165) is 0 Å². The first-order valence-corrected chi connectivity index (χ1v) is 10.2. The van der Waals surface area contributed by atoms with E-state index in [4.69, 9.17) is 19.2 Å². The number of nitrogens with zero attached hydrogens (tertiary/aromatic N) is 3. The van der Waals surface area contributed by atoms with Gasteiger partial charge >= 0.3 is 6.09 Å². The predicted octanol–water partition coefficient (Wildman–Crippen LogP) is 3.22. The van der Waals surface area contributed by atoms with E-state index in [0.29, 0.717) is 64.6 Å². The Morgan fingerprint density at radius 2 is 1.91 bits per heavy atom. The molecule has 0 spiro atoms. The Morgan fingerprint density at radius 1 is 1.22 bits per heavy atom. The number of amides is 1. The lowest BCUT2D eigenvalue weighted by Gasteiger charge is -2.37. The minimum absolute atomic E-state index is 0.383. The third-order valence-corrected chi connectivity index (χ3v) is 6.17. The van der Waals surface area contributed by atoms with Crippen molar-refractivity contribution in [3.8, 4) is 28.5 Å². The van der Waals surface area contributed by atoms with Gasteiger partial charge in [-0.3, -0.25) is 0 Å². The molecule has 10 nitrogen and oxygen atoms in total. The van der Waals surface area contributed by atoms with Crippen LogP contribution in [0.4, 0.5) is 4.79 Å². The van der Waals surface area contributed by atoms with Crippen LogP contribution in [0.5, 0.6) is 17.2 Å². The van der Waals surface area contributed by atoms with Crippen LogP contribution in [0.25, 0.3) is 22.4 Å². The highest BCUT2D eigenvalue weighted by Crippen LogP contribution is 2.43. The van der Waals surface area contributed by atoms with Crippen LogP contribution >= 0.6 is 0 Å². The summed E-state index contributed by atoms with van der Waals surface area (Å²) >= 11 is 0. The second-order valence-corrected chi connectivity index (χ2v) is 7.91. The maximum atomic E-state index is 11.7. The molecule has 1 amide bonds. The van der Waals surface area contributed by atoms with E-state index in [1.807, 2.05) is 0 Å². The molecule has 2 unspecified atom stereocenters. The first-order valence-electron chi connectivity index (χ1n) is 10.2. The van der Waals surface area contributed by atoms with E-state index < -0.39 is 17.7 Å². The summed E-state index contributed by atoms with van der Waals surface area (Å²) in [5.41, 5.74) is 1.75. The minimum Gasteiger partial charge on any atom is -0.493 e. The van der Waals surface area contributed by atoms with Crippen molar-refractivity contribution in [2.45, 2.75) is 31.4 Å². The van der Waals surface area contributed by atoms with Crippen LogP contribution in [0.3, 0.4) is 0 Å². The lowest BCUT2D eigenvalue weighted by atomic mass is 9.87. The molecule has 0 aliphatic carbocycles. The zero-order valence-electron chi connectivity index (χ0n) is 18.4. The number of rotatable bonds is 6. The number of nitrogens with one attached hydrogen (secondary N) is 1. The number of aliphatic hydroxyl groups is 1. The van der Waals surface area contributed by atoms with Gasteiger partial charge in [-0.2, -0.15) is 0 Å². The number of aromatic amines is 1. The number of methoxy groups -OCH3 is 3. The van der Waals surface area contributed by atoms with Crippen molar-refractivity contribution >= 4 is 17.3 Å². The molecule has 3 N–H and O–H groups in total. The van der Waals surface area contributed by atoms with Gasteiger partial charge in [0, 0.05) is 23.9 Å². The van der Waals surface area contributed by atoms with Gasteiger partial charge in [0.25, 0.3) is 0 Å². The second-order valence-electron chi connectivity index (χ2n) is 7.91. The molecule has 1 fully saturated rings. The Labute approximate surface area is 184 Å². The van der Waals surface area contributed by atoms with Gasteiger partial charge in [-0.25, -0.2) is 14.8 Å². The Bertz CT molecular complexity index is 1140. The molecule has 0 bridgehead atoms. The summed E-state index contributed by atoms with van der Waals surface area (Å²) in [7, 11) is 4.60. The van der Waals surface area contributed by atoms with Gasteiger partial charge in [0.1, 0.15) is 11.6 Å². The number of aliphatic hydroxyl groups excluding tert-OH is 1. The third-order valence-electron chi connectivity index (χ3n) is 6.17. The van der Waals surface area contributed by atoms with Crippen molar-refractivity contribution in [3.63, 3.8) is 0 Å². The second kappa shape index (κ2) is 8.19. The zero-order valence-corrected chi connectivity index (χ0v) is 18.4. The van der Waals surface area contributed by atoms with Crippen LogP contribution in [0, 0.1) is 0 Å². The average Bonchev–Trinajstić information content (AvgIpc) is 3.41. The zero-order chi connectivity index (χ0) is 23.0. The molecule has 1 aliphatic heterocycles. The highest BCUT2D eigenvalue weighted by Gasteiger charge is 2.46. The third kappa shape index (κ3) is 3.36. The molecular weight excluding hydrogens is 416 g/mol. The van der Waals surface area contributed by atoms with Crippen LogP contribution in [-0.2, 0) is 0 Å². The van der Waals surface area contributed by atoms with Crippen molar-refractivity contribution in [2.24, 2.45) is 0 Å². The number of aromatic nitrogens is 3. The summed E-state index contributed by atoms with van der Waals surface area (Å²) < 4.78 is 16.2. The number of fused-ring (bicyclic) bond motifs is 1. The maximum Gasteiger partial charge on any atom is 0.407 e. The smallest absolute Gasteiger partial charge is 0.407 e. The fourth-order valence-corrected chi connectivity index (χ4v) is 4.41.